The van der Waals surface area contributed by atoms with Gasteiger partial charge in [-0.1, -0.05) is 17.7 Å². The molecule has 0 fully saturated rings. The van der Waals surface area contributed by atoms with Crippen LogP contribution in [0.2, 0.25) is 5.02 Å². The fraction of sp³-hybridized carbons (Fsp3) is 0.167. The highest BCUT2D eigenvalue weighted by Crippen LogP contribution is 2.24. The molecule has 4 nitrogen and oxygen atoms in total. The number of hydrogen-bond acceptors (Lipinski definition) is 4. The second-order valence-electron chi connectivity index (χ2n) is 3.84. The lowest BCUT2D eigenvalue weighted by molar-refractivity contribution is -0.384. The van der Waals surface area contributed by atoms with Crippen molar-refractivity contribution >= 4 is 34.3 Å². The number of nitrogens with one attached hydrogen (secondary N) is 1. The van der Waals surface area contributed by atoms with Gasteiger partial charge in [-0.05, 0) is 18.6 Å². The Morgan fingerprint density at radius 1 is 1.44 bits per heavy atom. The third kappa shape index (κ3) is 3.00. The van der Waals surface area contributed by atoms with Crippen LogP contribution >= 0.6 is 22.9 Å². The van der Waals surface area contributed by atoms with Gasteiger partial charge in [0.25, 0.3) is 5.69 Å². The van der Waals surface area contributed by atoms with E-state index in [2.05, 4.69) is 5.32 Å². The summed E-state index contributed by atoms with van der Waals surface area (Å²) in [5, 5.41) is 16.5. The summed E-state index contributed by atoms with van der Waals surface area (Å²) in [7, 11) is 0. The van der Waals surface area contributed by atoms with Gasteiger partial charge in [0.2, 0.25) is 0 Å². The van der Waals surface area contributed by atoms with Gasteiger partial charge >= 0.3 is 0 Å². The summed E-state index contributed by atoms with van der Waals surface area (Å²) < 4.78 is 0. The van der Waals surface area contributed by atoms with E-state index in [9.17, 15) is 10.1 Å². The third-order valence-corrected chi connectivity index (χ3v) is 3.79. The van der Waals surface area contributed by atoms with Crippen LogP contribution < -0.4 is 5.32 Å². The summed E-state index contributed by atoms with van der Waals surface area (Å²) in [5.41, 5.74) is 1.84. The van der Waals surface area contributed by atoms with Gasteiger partial charge in [-0.2, -0.15) is 0 Å². The molecule has 0 amide bonds. The SMILES string of the molecule is Cc1ccc([N+](=O)[O-])cc1NCc1cc(Cl)cs1. The first-order valence-corrected chi connectivity index (χ1v) is 6.54. The molecule has 0 atom stereocenters. The van der Waals surface area contributed by atoms with E-state index in [1.165, 1.54) is 6.07 Å². The van der Waals surface area contributed by atoms with Crippen LogP contribution in [0.15, 0.2) is 29.6 Å². The van der Waals surface area contributed by atoms with Gasteiger partial charge in [0, 0.05) is 34.6 Å². The Balaban J connectivity index is 2.13. The number of rotatable bonds is 4. The van der Waals surface area contributed by atoms with Gasteiger partial charge in [-0.15, -0.1) is 11.3 Å². The Labute approximate surface area is 113 Å². The lowest BCUT2D eigenvalue weighted by Crippen LogP contribution is -2.00. The highest BCUT2D eigenvalue weighted by atomic mass is 35.5. The minimum atomic E-state index is -0.396. The molecule has 0 aliphatic heterocycles. The highest BCUT2D eigenvalue weighted by Gasteiger charge is 2.08. The van der Waals surface area contributed by atoms with E-state index >= 15 is 0 Å². The van der Waals surface area contributed by atoms with E-state index in [4.69, 9.17) is 11.6 Å². The maximum atomic E-state index is 10.7. The van der Waals surface area contributed by atoms with Crippen molar-refractivity contribution in [3.8, 4) is 0 Å². The second kappa shape index (κ2) is 5.37. The first-order chi connectivity index (χ1) is 8.56. The number of nitrogens with zero attached hydrogens (tertiary/aromatic N) is 1. The van der Waals surface area contributed by atoms with E-state index < -0.39 is 4.92 Å². The Morgan fingerprint density at radius 3 is 2.83 bits per heavy atom. The molecule has 2 aromatic rings. The van der Waals surface area contributed by atoms with Crippen molar-refractivity contribution in [1.82, 2.24) is 0 Å². The number of nitro groups is 1. The Morgan fingerprint density at radius 2 is 2.22 bits per heavy atom. The molecule has 0 spiro atoms. The lowest BCUT2D eigenvalue weighted by atomic mass is 10.2. The zero-order chi connectivity index (χ0) is 13.1. The average molecular weight is 283 g/mol. The number of thiophene rings is 1. The maximum Gasteiger partial charge on any atom is 0.271 e. The molecule has 0 saturated heterocycles. The van der Waals surface area contributed by atoms with Gasteiger partial charge in [-0.25, -0.2) is 0 Å². The summed E-state index contributed by atoms with van der Waals surface area (Å²) in [5.74, 6) is 0. The number of halogens is 1. The summed E-state index contributed by atoms with van der Waals surface area (Å²) in [6.07, 6.45) is 0. The van der Waals surface area contributed by atoms with Gasteiger partial charge < -0.3 is 5.32 Å². The molecule has 0 saturated carbocycles. The van der Waals surface area contributed by atoms with E-state index in [0.717, 1.165) is 16.1 Å². The maximum absolute atomic E-state index is 10.7. The lowest BCUT2D eigenvalue weighted by Gasteiger charge is -2.08. The van der Waals surface area contributed by atoms with Gasteiger partial charge in [0.05, 0.1) is 9.95 Å². The van der Waals surface area contributed by atoms with Crippen molar-refractivity contribution in [2.45, 2.75) is 13.5 Å². The summed E-state index contributed by atoms with van der Waals surface area (Å²) in [4.78, 5) is 11.4. The highest BCUT2D eigenvalue weighted by molar-refractivity contribution is 7.10. The molecule has 1 aromatic carbocycles. The minimum absolute atomic E-state index is 0.0901. The molecule has 94 valence electrons. The van der Waals surface area contributed by atoms with E-state index in [0.29, 0.717) is 11.6 Å². The molecule has 0 radical (unpaired) electrons. The molecular weight excluding hydrogens is 272 g/mol. The third-order valence-electron chi connectivity index (χ3n) is 2.51. The Bertz CT molecular complexity index is 583. The molecule has 1 heterocycles. The van der Waals surface area contributed by atoms with Crippen LogP contribution in [0.1, 0.15) is 10.4 Å². The summed E-state index contributed by atoms with van der Waals surface area (Å²) >= 11 is 7.39. The normalized spacial score (nSPS) is 10.3. The molecule has 0 aliphatic carbocycles. The van der Waals surface area contributed by atoms with Gasteiger partial charge in [0.15, 0.2) is 0 Å². The van der Waals surface area contributed by atoms with Crippen molar-refractivity contribution < 1.29 is 4.92 Å². The van der Waals surface area contributed by atoms with Crippen LogP contribution in [0.25, 0.3) is 0 Å². The second-order valence-corrected chi connectivity index (χ2v) is 5.27. The Hall–Kier alpha value is -1.59. The van der Waals surface area contributed by atoms with Crippen LogP contribution in [-0.2, 0) is 6.54 Å². The first kappa shape index (κ1) is 12.9. The summed E-state index contributed by atoms with van der Waals surface area (Å²) in [6, 6.07) is 6.67. The van der Waals surface area contributed by atoms with Crippen molar-refractivity contribution in [3.63, 3.8) is 0 Å². The number of hydrogen-bond donors (Lipinski definition) is 1. The number of non-ortho nitro benzene ring substituents is 1. The van der Waals surface area contributed by atoms with Crippen LogP contribution in [0, 0.1) is 17.0 Å². The Kier molecular flexibility index (Phi) is 3.84. The van der Waals surface area contributed by atoms with E-state index in [1.54, 1.807) is 23.5 Å². The molecule has 0 unspecified atom stereocenters. The zero-order valence-electron chi connectivity index (χ0n) is 9.64. The predicted molar refractivity (Wildman–Crippen MR) is 74.5 cm³/mol. The molecule has 1 N–H and O–H groups in total. The standard InChI is InChI=1S/C12H11ClN2O2S/c1-8-2-3-10(15(16)17)5-12(8)14-6-11-4-9(13)7-18-11/h2-5,7,14H,6H2,1H3. The smallest absolute Gasteiger partial charge is 0.271 e. The van der Waals surface area contributed by atoms with E-state index in [-0.39, 0.29) is 5.69 Å². The van der Waals surface area contributed by atoms with Crippen molar-refractivity contribution in [2.75, 3.05) is 5.32 Å². The fourth-order valence-corrected chi connectivity index (χ4v) is 2.56. The van der Waals surface area contributed by atoms with E-state index in [1.807, 2.05) is 18.4 Å². The molecule has 0 bridgehead atoms. The van der Waals surface area contributed by atoms with Crippen LogP contribution in [-0.4, -0.2) is 4.92 Å². The van der Waals surface area contributed by atoms with Crippen LogP contribution in [0.4, 0.5) is 11.4 Å². The quantitative estimate of drug-likeness (QED) is 0.674. The molecular formula is C12H11ClN2O2S. The average Bonchev–Trinajstić information content (AvgIpc) is 2.74. The van der Waals surface area contributed by atoms with Gasteiger partial charge in [-0.3, -0.25) is 10.1 Å². The predicted octanol–water partition coefficient (Wildman–Crippen LogP) is 4.23. The van der Waals surface area contributed by atoms with Crippen molar-refractivity contribution in [1.29, 1.82) is 0 Å². The first-order valence-electron chi connectivity index (χ1n) is 5.28. The molecule has 1 aromatic heterocycles. The molecule has 2 rings (SSSR count). The number of benzene rings is 1. The van der Waals surface area contributed by atoms with Crippen molar-refractivity contribution in [2.24, 2.45) is 0 Å². The number of aryl methyl sites for hydroxylation is 1. The minimum Gasteiger partial charge on any atom is -0.380 e. The van der Waals surface area contributed by atoms with Crippen LogP contribution in [0.5, 0.6) is 0 Å². The number of nitro benzene ring substituents is 1. The summed E-state index contributed by atoms with van der Waals surface area (Å²) in [6.45, 7) is 2.52. The topological polar surface area (TPSA) is 55.2 Å². The monoisotopic (exact) mass is 282 g/mol. The molecule has 18 heavy (non-hydrogen) atoms. The fourth-order valence-electron chi connectivity index (χ4n) is 1.54. The largest absolute Gasteiger partial charge is 0.380 e. The number of anilines is 1. The molecule has 0 aliphatic rings. The molecule has 6 heteroatoms. The zero-order valence-corrected chi connectivity index (χ0v) is 11.2. The van der Waals surface area contributed by atoms with Gasteiger partial charge in [0.1, 0.15) is 0 Å². The van der Waals surface area contributed by atoms with Crippen LogP contribution in [0.3, 0.4) is 0 Å². The van der Waals surface area contributed by atoms with Crippen molar-refractivity contribution in [3.05, 3.63) is 55.2 Å².